The molecule has 0 radical (unpaired) electrons. The second-order valence-corrected chi connectivity index (χ2v) is 6.20. The van der Waals surface area contributed by atoms with Crippen molar-refractivity contribution in [3.63, 3.8) is 0 Å². The van der Waals surface area contributed by atoms with Crippen molar-refractivity contribution < 1.29 is 4.39 Å². The first-order chi connectivity index (χ1) is 10.1. The number of halogens is 2. The summed E-state index contributed by atoms with van der Waals surface area (Å²) < 4.78 is 13.7. The summed E-state index contributed by atoms with van der Waals surface area (Å²) in [4.78, 5) is 0. The fraction of sp³-hybridized carbons (Fsp3) is 0.333. The van der Waals surface area contributed by atoms with Crippen LogP contribution >= 0.6 is 11.6 Å². The van der Waals surface area contributed by atoms with Crippen LogP contribution in [0.15, 0.2) is 48.5 Å². The predicted octanol–water partition coefficient (Wildman–Crippen LogP) is 5.08. The molecular weight excluding hydrogens is 285 g/mol. The fourth-order valence-corrected chi connectivity index (χ4v) is 3.37. The van der Waals surface area contributed by atoms with E-state index in [9.17, 15) is 4.39 Å². The van der Waals surface area contributed by atoms with Gasteiger partial charge in [-0.25, -0.2) is 4.39 Å². The van der Waals surface area contributed by atoms with E-state index in [-0.39, 0.29) is 11.9 Å². The lowest BCUT2D eigenvalue weighted by atomic mass is 9.75. The molecule has 0 aliphatic heterocycles. The average molecular weight is 304 g/mol. The first kappa shape index (κ1) is 14.6. The van der Waals surface area contributed by atoms with Gasteiger partial charge in [0.2, 0.25) is 0 Å². The van der Waals surface area contributed by atoms with Gasteiger partial charge < -0.3 is 5.32 Å². The third-order valence-corrected chi connectivity index (χ3v) is 4.68. The lowest BCUT2D eigenvalue weighted by Gasteiger charge is -2.38. The zero-order valence-corrected chi connectivity index (χ0v) is 12.8. The van der Waals surface area contributed by atoms with Crippen molar-refractivity contribution in [3.8, 4) is 0 Å². The third kappa shape index (κ3) is 3.12. The van der Waals surface area contributed by atoms with E-state index < -0.39 is 0 Å². The molecule has 3 heteroatoms. The Morgan fingerprint density at radius 2 is 1.76 bits per heavy atom. The first-order valence-electron chi connectivity index (χ1n) is 7.40. The highest BCUT2D eigenvalue weighted by molar-refractivity contribution is 6.31. The normalized spacial score (nSPS) is 22.6. The average Bonchev–Trinajstić information content (AvgIpc) is 2.44. The maximum atomic E-state index is 13.7. The van der Waals surface area contributed by atoms with E-state index in [0.29, 0.717) is 12.0 Å². The van der Waals surface area contributed by atoms with Crippen LogP contribution in [0.5, 0.6) is 0 Å². The molecule has 0 amide bonds. The number of nitrogens with one attached hydrogen (secondary N) is 1. The lowest BCUT2D eigenvalue weighted by molar-refractivity contribution is 0.269. The number of hydrogen-bond acceptors (Lipinski definition) is 1. The summed E-state index contributed by atoms with van der Waals surface area (Å²) in [6.45, 7) is 2.02. The van der Waals surface area contributed by atoms with Crippen LogP contribution in [0.1, 0.15) is 42.9 Å². The number of benzene rings is 2. The van der Waals surface area contributed by atoms with Crippen molar-refractivity contribution in [1.82, 2.24) is 5.32 Å². The Balaban J connectivity index is 1.58. The topological polar surface area (TPSA) is 12.0 Å². The molecule has 1 fully saturated rings. The Morgan fingerprint density at radius 3 is 2.48 bits per heavy atom. The second kappa shape index (κ2) is 6.17. The van der Waals surface area contributed by atoms with Crippen LogP contribution in [-0.2, 0) is 0 Å². The van der Waals surface area contributed by atoms with Crippen molar-refractivity contribution in [3.05, 3.63) is 70.5 Å². The van der Waals surface area contributed by atoms with Gasteiger partial charge in [0.05, 0.1) is 0 Å². The molecule has 1 saturated carbocycles. The molecule has 0 saturated heterocycles. The van der Waals surface area contributed by atoms with E-state index in [1.165, 1.54) is 11.6 Å². The van der Waals surface area contributed by atoms with Crippen LogP contribution in [0.4, 0.5) is 4.39 Å². The van der Waals surface area contributed by atoms with E-state index in [0.717, 1.165) is 23.4 Å². The van der Waals surface area contributed by atoms with Crippen molar-refractivity contribution in [2.45, 2.75) is 37.8 Å². The zero-order valence-electron chi connectivity index (χ0n) is 12.0. The minimum atomic E-state index is -0.139. The van der Waals surface area contributed by atoms with Gasteiger partial charge >= 0.3 is 0 Å². The molecule has 1 unspecified atom stereocenters. The standard InChI is InChI=1S/C18H19ClFN/c1-12(15-6-3-5-9-18(15)20)21-14-10-13(11-14)16-7-2-4-8-17(16)19/h2-9,12-14,21H,10-11H2,1H3. The summed E-state index contributed by atoms with van der Waals surface area (Å²) >= 11 is 6.23. The summed E-state index contributed by atoms with van der Waals surface area (Å²) in [6.07, 6.45) is 2.12. The van der Waals surface area contributed by atoms with Gasteiger partial charge in [-0.3, -0.25) is 0 Å². The SMILES string of the molecule is CC(NC1CC(c2ccccc2Cl)C1)c1ccccc1F. The lowest BCUT2D eigenvalue weighted by Crippen LogP contribution is -2.41. The highest BCUT2D eigenvalue weighted by Crippen LogP contribution is 2.40. The van der Waals surface area contributed by atoms with Crippen LogP contribution < -0.4 is 5.32 Å². The Kier molecular flexibility index (Phi) is 4.27. The molecule has 0 heterocycles. The molecule has 110 valence electrons. The Labute approximate surface area is 130 Å². The smallest absolute Gasteiger partial charge is 0.127 e. The van der Waals surface area contributed by atoms with Gasteiger partial charge in [0.15, 0.2) is 0 Å². The van der Waals surface area contributed by atoms with Gasteiger partial charge in [0.25, 0.3) is 0 Å². The van der Waals surface area contributed by atoms with E-state index >= 15 is 0 Å². The van der Waals surface area contributed by atoms with E-state index in [1.807, 2.05) is 37.3 Å². The Bertz CT molecular complexity index is 622. The van der Waals surface area contributed by atoms with Crippen molar-refractivity contribution in [2.24, 2.45) is 0 Å². The van der Waals surface area contributed by atoms with Crippen molar-refractivity contribution in [1.29, 1.82) is 0 Å². The molecule has 1 nitrogen and oxygen atoms in total. The summed E-state index contributed by atoms with van der Waals surface area (Å²) in [5.74, 6) is 0.378. The summed E-state index contributed by atoms with van der Waals surface area (Å²) in [5.41, 5.74) is 1.97. The molecule has 21 heavy (non-hydrogen) atoms. The summed E-state index contributed by atoms with van der Waals surface area (Å²) in [5, 5.41) is 4.36. The Morgan fingerprint density at radius 1 is 1.10 bits per heavy atom. The van der Waals surface area contributed by atoms with Gasteiger partial charge in [-0.15, -0.1) is 0 Å². The molecule has 2 aromatic carbocycles. The molecule has 3 rings (SSSR count). The summed E-state index contributed by atoms with van der Waals surface area (Å²) in [6, 6.07) is 15.5. The van der Waals surface area contributed by atoms with Crippen molar-refractivity contribution in [2.75, 3.05) is 0 Å². The predicted molar refractivity (Wildman–Crippen MR) is 85.2 cm³/mol. The molecule has 1 atom stereocenters. The van der Waals surface area contributed by atoms with Gasteiger partial charge in [0, 0.05) is 22.7 Å². The summed E-state index contributed by atoms with van der Waals surface area (Å²) in [7, 11) is 0. The minimum Gasteiger partial charge on any atom is -0.307 e. The van der Waals surface area contributed by atoms with E-state index in [2.05, 4.69) is 11.4 Å². The molecule has 1 N–H and O–H groups in total. The highest BCUT2D eigenvalue weighted by atomic mass is 35.5. The molecule has 0 aromatic heterocycles. The molecule has 0 spiro atoms. The van der Waals surface area contributed by atoms with E-state index in [4.69, 9.17) is 11.6 Å². The van der Waals surface area contributed by atoms with Crippen LogP contribution in [0.2, 0.25) is 5.02 Å². The van der Waals surface area contributed by atoms with Crippen LogP contribution in [0.3, 0.4) is 0 Å². The van der Waals surface area contributed by atoms with Crippen LogP contribution in [0, 0.1) is 5.82 Å². The van der Waals surface area contributed by atoms with Gasteiger partial charge in [-0.05, 0) is 43.4 Å². The second-order valence-electron chi connectivity index (χ2n) is 5.80. The molecular formula is C18H19ClFN. The Hall–Kier alpha value is -1.38. The number of rotatable bonds is 4. The van der Waals surface area contributed by atoms with E-state index in [1.54, 1.807) is 6.07 Å². The minimum absolute atomic E-state index is 0.0309. The molecule has 0 bridgehead atoms. The molecule has 1 aliphatic carbocycles. The molecule has 1 aliphatic rings. The molecule has 2 aromatic rings. The van der Waals surface area contributed by atoms with Gasteiger partial charge in [0.1, 0.15) is 5.82 Å². The van der Waals surface area contributed by atoms with Gasteiger partial charge in [-0.2, -0.15) is 0 Å². The van der Waals surface area contributed by atoms with Crippen molar-refractivity contribution >= 4 is 11.6 Å². The van der Waals surface area contributed by atoms with Crippen LogP contribution in [-0.4, -0.2) is 6.04 Å². The number of hydrogen-bond donors (Lipinski definition) is 1. The maximum absolute atomic E-state index is 13.7. The third-order valence-electron chi connectivity index (χ3n) is 4.34. The largest absolute Gasteiger partial charge is 0.307 e. The first-order valence-corrected chi connectivity index (χ1v) is 7.78. The monoisotopic (exact) mass is 303 g/mol. The van der Waals surface area contributed by atoms with Crippen LogP contribution in [0.25, 0.3) is 0 Å². The highest BCUT2D eigenvalue weighted by Gasteiger charge is 2.32. The maximum Gasteiger partial charge on any atom is 0.127 e. The van der Waals surface area contributed by atoms with Gasteiger partial charge in [-0.1, -0.05) is 48.0 Å². The quantitative estimate of drug-likeness (QED) is 0.831. The zero-order chi connectivity index (χ0) is 14.8. The fourth-order valence-electron chi connectivity index (χ4n) is 3.08.